The number of nitrogens with one attached hydrogen (secondary N) is 1. The van der Waals surface area contributed by atoms with Crippen LogP contribution in [0.2, 0.25) is 0 Å². The van der Waals surface area contributed by atoms with Crippen molar-refractivity contribution in [2.24, 2.45) is 0 Å². The summed E-state index contributed by atoms with van der Waals surface area (Å²) in [6, 6.07) is 3.95. The van der Waals surface area contributed by atoms with Gasteiger partial charge in [-0.1, -0.05) is 6.07 Å². The van der Waals surface area contributed by atoms with E-state index in [4.69, 9.17) is 0 Å². The van der Waals surface area contributed by atoms with E-state index in [1.165, 1.54) is 0 Å². The van der Waals surface area contributed by atoms with Crippen LogP contribution in [0.15, 0.2) is 36.3 Å². The van der Waals surface area contributed by atoms with Gasteiger partial charge in [0.25, 0.3) is 0 Å². The van der Waals surface area contributed by atoms with Gasteiger partial charge in [-0.2, -0.15) is 0 Å². The molecule has 0 aromatic carbocycles. The second kappa shape index (κ2) is 3.62. The molecule has 3 heteroatoms. The van der Waals surface area contributed by atoms with Crippen molar-refractivity contribution in [2.45, 2.75) is 19.4 Å². The van der Waals surface area contributed by atoms with E-state index in [-0.39, 0.29) is 11.8 Å². The highest BCUT2D eigenvalue weighted by Crippen LogP contribution is 2.21. The summed E-state index contributed by atoms with van der Waals surface area (Å²) in [5.74, 6) is 0.176. The molecule has 1 atom stereocenters. The number of pyridine rings is 1. The van der Waals surface area contributed by atoms with Crippen molar-refractivity contribution < 1.29 is 4.79 Å². The van der Waals surface area contributed by atoms with E-state index in [0.29, 0.717) is 6.42 Å². The minimum atomic E-state index is 0.0844. The maximum atomic E-state index is 11.3. The van der Waals surface area contributed by atoms with Gasteiger partial charge in [0.05, 0.1) is 6.04 Å². The summed E-state index contributed by atoms with van der Waals surface area (Å²) in [5.41, 5.74) is 1.99. The van der Waals surface area contributed by atoms with Crippen LogP contribution in [-0.4, -0.2) is 10.8 Å². The lowest BCUT2D eigenvalue weighted by atomic mass is 9.99. The Balaban J connectivity index is 2.22. The zero-order valence-electron chi connectivity index (χ0n) is 8.03. The number of carbonyl (C=O) groups is 1. The number of hydrogen-bond acceptors (Lipinski definition) is 3. The first-order valence-electron chi connectivity index (χ1n) is 4.63. The number of rotatable bonds is 1. The number of hydrogen-bond donors (Lipinski definition) is 1. The molecule has 3 nitrogen and oxygen atoms in total. The summed E-state index contributed by atoms with van der Waals surface area (Å²) in [6.07, 6.45) is 5.69. The first-order chi connectivity index (χ1) is 6.75. The van der Waals surface area contributed by atoms with Gasteiger partial charge in [-0.15, -0.1) is 0 Å². The zero-order valence-corrected chi connectivity index (χ0v) is 8.03. The summed E-state index contributed by atoms with van der Waals surface area (Å²) in [7, 11) is 0. The van der Waals surface area contributed by atoms with E-state index in [1.54, 1.807) is 18.5 Å². The third kappa shape index (κ3) is 1.82. The molecular weight excluding hydrogens is 176 g/mol. The molecule has 2 heterocycles. The molecule has 0 saturated heterocycles. The lowest BCUT2D eigenvalue weighted by molar-refractivity contribution is -0.115. The van der Waals surface area contributed by atoms with E-state index >= 15 is 0 Å². The van der Waals surface area contributed by atoms with Crippen molar-refractivity contribution in [1.29, 1.82) is 0 Å². The molecule has 1 aliphatic rings. The van der Waals surface area contributed by atoms with Gasteiger partial charge in [0.2, 0.25) is 0 Å². The van der Waals surface area contributed by atoms with Gasteiger partial charge >= 0.3 is 0 Å². The second-order valence-electron chi connectivity index (χ2n) is 3.48. The van der Waals surface area contributed by atoms with E-state index in [2.05, 4.69) is 10.3 Å². The average Bonchev–Trinajstić information content (AvgIpc) is 2.18. The van der Waals surface area contributed by atoms with Gasteiger partial charge in [-0.25, -0.2) is 0 Å². The Hall–Kier alpha value is -1.64. The van der Waals surface area contributed by atoms with E-state index in [9.17, 15) is 4.79 Å². The number of nitrogens with zero attached hydrogens (tertiary/aromatic N) is 1. The first-order valence-corrected chi connectivity index (χ1v) is 4.63. The molecule has 1 aromatic heterocycles. The van der Waals surface area contributed by atoms with E-state index in [1.807, 2.05) is 19.1 Å². The predicted octanol–water partition coefficient (Wildman–Crippen LogP) is 1.59. The Morgan fingerprint density at radius 2 is 2.43 bits per heavy atom. The molecular formula is C11H12N2O. The van der Waals surface area contributed by atoms with Crippen molar-refractivity contribution >= 4 is 5.78 Å². The van der Waals surface area contributed by atoms with Gasteiger partial charge in [-0.05, 0) is 24.6 Å². The number of allylic oxidation sites excluding steroid dienone is 2. The van der Waals surface area contributed by atoms with Crippen LogP contribution in [0.25, 0.3) is 0 Å². The summed E-state index contributed by atoms with van der Waals surface area (Å²) < 4.78 is 0. The lowest BCUT2D eigenvalue weighted by Crippen LogP contribution is -2.26. The molecule has 1 aromatic rings. The summed E-state index contributed by atoms with van der Waals surface area (Å²) in [6.45, 7) is 1.90. The molecule has 2 rings (SSSR count). The van der Waals surface area contributed by atoms with Gasteiger partial charge in [0.1, 0.15) is 0 Å². The number of ketones is 1. The highest BCUT2D eigenvalue weighted by Gasteiger charge is 2.18. The van der Waals surface area contributed by atoms with Crippen LogP contribution >= 0.6 is 0 Å². The monoisotopic (exact) mass is 188 g/mol. The minimum Gasteiger partial charge on any atom is -0.381 e. The molecule has 1 aliphatic heterocycles. The van der Waals surface area contributed by atoms with Crippen molar-refractivity contribution in [1.82, 2.24) is 10.3 Å². The molecule has 0 fully saturated rings. The fraction of sp³-hybridized carbons (Fsp3) is 0.273. The van der Waals surface area contributed by atoms with Gasteiger partial charge < -0.3 is 5.32 Å². The van der Waals surface area contributed by atoms with Crippen LogP contribution in [0, 0.1) is 0 Å². The van der Waals surface area contributed by atoms with Crippen LogP contribution in [0.1, 0.15) is 24.9 Å². The van der Waals surface area contributed by atoms with Crippen molar-refractivity contribution in [2.75, 3.05) is 0 Å². The summed E-state index contributed by atoms with van der Waals surface area (Å²) in [5, 5.41) is 3.26. The second-order valence-corrected chi connectivity index (χ2v) is 3.48. The Kier molecular flexibility index (Phi) is 2.31. The smallest absolute Gasteiger partial charge is 0.159 e. The van der Waals surface area contributed by atoms with Crippen LogP contribution in [-0.2, 0) is 4.79 Å². The SMILES string of the molecule is CC1=CC(=O)CC(c2cccnc2)N1. The molecule has 14 heavy (non-hydrogen) atoms. The summed E-state index contributed by atoms with van der Waals surface area (Å²) >= 11 is 0. The quantitative estimate of drug-likeness (QED) is 0.727. The molecule has 0 radical (unpaired) electrons. The zero-order chi connectivity index (χ0) is 9.97. The number of aromatic nitrogens is 1. The number of carbonyl (C=O) groups excluding carboxylic acids is 1. The normalized spacial score (nSPS) is 21.4. The molecule has 1 unspecified atom stereocenters. The highest BCUT2D eigenvalue weighted by atomic mass is 16.1. The maximum absolute atomic E-state index is 11.3. The average molecular weight is 188 g/mol. The third-order valence-electron chi connectivity index (χ3n) is 2.27. The Morgan fingerprint density at radius 1 is 1.57 bits per heavy atom. The largest absolute Gasteiger partial charge is 0.381 e. The van der Waals surface area contributed by atoms with Crippen molar-refractivity contribution in [3.63, 3.8) is 0 Å². The Labute approximate surface area is 82.9 Å². The molecule has 72 valence electrons. The Bertz CT molecular complexity index is 370. The highest BCUT2D eigenvalue weighted by molar-refractivity contribution is 5.91. The minimum absolute atomic E-state index is 0.0844. The summed E-state index contributed by atoms with van der Waals surface area (Å²) in [4.78, 5) is 15.4. The lowest BCUT2D eigenvalue weighted by Gasteiger charge is -2.22. The third-order valence-corrected chi connectivity index (χ3v) is 2.27. The van der Waals surface area contributed by atoms with E-state index in [0.717, 1.165) is 11.3 Å². The van der Waals surface area contributed by atoms with Gasteiger partial charge in [0.15, 0.2) is 5.78 Å². The standard InChI is InChI=1S/C11H12N2O/c1-8-5-10(14)6-11(13-8)9-3-2-4-12-7-9/h2-5,7,11,13H,6H2,1H3. The van der Waals surface area contributed by atoms with E-state index < -0.39 is 0 Å². The van der Waals surface area contributed by atoms with Crippen LogP contribution in [0.5, 0.6) is 0 Å². The first kappa shape index (κ1) is 8.94. The Morgan fingerprint density at radius 3 is 3.07 bits per heavy atom. The molecule has 0 spiro atoms. The predicted molar refractivity (Wildman–Crippen MR) is 53.5 cm³/mol. The molecule has 0 amide bonds. The maximum Gasteiger partial charge on any atom is 0.159 e. The van der Waals surface area contributed by atoms with Gasteiger partial charge in [-0.3, -0.25) is 9.78 Å². The van der Waals surface area contributed by atoms with Crippen molar-refractivity contribution in [3.8, 4) is 0 Å². The molecule has 0 aliphatic carbocycles. The fourth-order valence-electron chi connectivity index (χ4n) is 1.65. The van der Waals surface area contributed by atoms with Crippen molar-refractivity contribution in [3.05, 3.63) is 41.9 Å². The topological polar surface area (TPSA) is 42.0 Å². The molecule has 0 saturated carbocycles. The van der Waals surface area contributed by atoms with Crippen LogP contribution < -0.4 is 5.32 Å². The van der Waals surface area contributed by atoms with Gasteiger partial charge in [0, 0.05) is 24.5 Å². The van der Waals surface area contributed by atoms with Crippen LogP contribution in [0.3, 0.4) is 0 Å². The van der Waals surface area contributed by atoms with Crippen LogP contribution in [0.4, 0.5) is 0 Å². The fourth-order valence-corrected chi connectivity index (χ4v) is 1.65. The molecule has 1 N–H and O–H groups in total. The molecule has 0 bridgehead atoms.